The van der Waals surface area contributed by atoms with Gasteiger partial charge in [-0.2, -0.15) is 0 Å². The molecule has 0 saturated carbocycles. The van der Waals surface area contributed by atoms with E-state index in [-0.39, 0.29) is 5.91 Å². The number of hydrogen-bond acceptors (Lipinski definition) is 2. The Morgan fingerprint density at radius 2 is 1.88 bits per heavy atom. The maximum Gasteiger partial charge on any atom is 0.220 e. The summed E-state index contributed by atoms with van der Waals surface area (Å²) in [7, 11) is 0. The average Bonchev–Trinajstić information content (AvgIpc) is 2.99. The fourth-order valence-corrected chi connectivity index (χ4v) is 2.74. The van der Waals surface area contributed by atoms with Crippen LogP contribution in [0.1, 0.15) is 29.8 Å². The number of imidazole rings is 1. The molecule has 0 aliphatic carbocycles. The summed E-state index contributed by atoms with van der Waals surface area (Å²) in [5, 5.41) is 2.97. The van der Waals surface area contributed by atoms with Crippen molar-refractivity contribution >= 4 is 16.9 Å². The fourth-order valence-electron chi connectivity index (χ4n) is 2.74. The predicted molar refractivity (Wildman–Crippen MR) is 96.9 cm³/mol. The van der Waals surface area contributed by atoms with Gasteiger partial charge in [-0.3, -0.25) is 4.79 Å². The Morgan fingerprint density at radius 1 is 1.08 bits per heavy atom. The van der Waals surface area contributed by atoms with E-state index in [0.717, 1.165) is 36.1 Å². The summed E-state index contributed by atoms with van der Waals surface area (Å²) in [6, 6.07) is 16.5. The van der Waals surface area contributed by atoms with E-state index in [1.54, 1.807) is 0 Å². The van der Waals surface area contributed by atoms with E-state index >= 15 is 0 Å². The van der Waals surface area contributed by atoms with Gasteiger partial charge >= 0.3 is 0 Å². The number of nitrogens with one attached hydrogen (secondary N) is 2. The highest BCUT2D eigenvalue weighted by molar-refractivity contribution is 5.76. The molecule has 0 bridgehead atoms. The van der Waals surface area contributed by atoms with Gasteiger partial charge in [-0.25, -0.2) is 4.98 Å². The lowest BCUT2D eigenvalue weighted by atomic mass is 10.1. The first-order chi connectivity index (χ1) is 11.7. The first-order valence-electron chi connectivity index (χ1n) is 8.46. The molecule has 0 aliphatic heterocycles. The topological polar surface area (TPSA) is 57.8 Å². The number of H-pyrrole nitrogens is 1. The molecule has 0 fully saturated rings. The number of aryl methyl sites for hydroxylation is 2. The normalized spacial score (nSPS) is 10.9. The van der Waals surface area contributed by atoms with Crippen LogP contribution >= 0.6 is 0 Å². The molecule has 4 heteroatoms. The molecule has 1 heterocycles. The maximum absolute atomic E-state index is 11.9. The van der Waals surface area contributed by atoms with E-state index in [0.29, 0.717) is 13.0 Å². The highest BCUT2D eigenvalue weighted by Gasteiger charge is 2.04. The van der Waals surface area contributed by atoms with Crippen LogP contribution in [0.15, 0.2) is 48.5 Å². The molecule has 24 heavy (non-hydrogen) atoms. The van der Waals surface area contributed by atoms with Crippen molar-refractivity contribution in [2.45, 2.75) is 32.6 Å². The molecular weight excluding hydrogens is 298 g/mol. The van der Waals surface area contributed by atoms with Crippen LogP contribution in [0.5, 0.6) is 0 Å². The van der Waals surface area contributed by atoms with Crippen LogP contribution in [-0.4, -0.2) is 22.4 Å². The van der Waals surface area contributed by atoms with Crippen molar-refractivity contribution < 1.29 is 4.79 Å². The number of aromatic amines is 1. The lowest BCUT2D eigenvalue weighted by Crippen LogP contribution is -2.25. The first kappa shape index (κ1) is 16.2. The lowest BCUT2D eigenvalue weighted by molar-refractivity contribution is -0.121. The Balaban J connectivity index is 1.37. The largest absolute Gasteiger partial charge is 0.356 e. The molecule has 2 N–H and O–H groups in total. The molecule has 0 unspecified atom stereocenters. The average molecular weight is 321 g/mol. The Kier molecular flexibility index (Phi) is 5.26. The molecule has 0 atom stereocenters. The molecule has 1 aromatic heterocycles. The number of para-hydroxylation sites is 2. The van der Waals surface area contributed by atoms with Crippen molar-refractivity contribution in [2.75, 3.05) is 6.54 Å². The summed E-state index contributed by atoms with van der Waals surface area (Å²) >= 11 is 0. The third-order valence-corrected chi connectivity index (χ3v) is 4.11. The number of fused-ring (bicyclic) bond motifs is 1. The van der Waals surface area contributed by atoms with Gasteiger partial charge in [0, 0.05) is 19.4 Å². The van der Waals surface area contributed by atoms with Gasteiger partial charge in [0.05, 0.1) is 11.0 Å². The van der Waals surface area contributed by atoms with Gasteiger partial charge in [-0.15, -0.1) is 0 Å². The van der Waals surface area contributed by atoms with Crippen molar-refractivity contribution in [3.8, 4) is 0 Å². The lowest BCUT2D eigenvalue weighted by Gasteiger charge is -2.05. The van der Waals surface area contributed by atoms with Crippen LogP contribution in [0.2, 0.25) is 0 Å². The van der Waals surface area contributed by atoms with Gasteiger partial charge in [-0.05, 0) is 37.5 Å². The number of amides is 1. The smallest absolute Gasteiger partial charge is 0.220 e. The number of hydrogen-bond donors (Lipinski definition) is 2. The monoisotopic (exact) mass is 321 g/mol. The minimum Gasteiger partial charge on any atom is -0.356 e. The fraction of sp³-hybridized carbons (Fsp3) is 0.300. The second-order valence-corrected chi connectivity index (χ2v) is 6.14. The molecule has 0 radical (unpaired) electrons. The summed E-state index contributed by atoms with van der Waals surface area (Å²) in [6.07, 6.45) is 3.10. The zero-order valence-electron chi connectivity index (χ0n) is 14.0. The Labute approximate surface area is 142 Å². The molecule has 0 spiro atoms. The van der Waals surface area contributed by atoms with Crippen LogP contribution < -0.4 is 5.32 Å². The number of rotatable bonds is 7. The summed E-state index contributed by atoms with van der Waals surface area (Å²) in [6.45, 7) is 2.70. The second-order valence-electron chi connectivity index (χ2n) is 6.14. The van der Waals surface area contributed by atoms with Crippen molar-refractivity contribution in [1.82, 2.24) is 15.3 Å². The van der Waals surface area contributed by atoms with E-state index in [1.807, 2.05) is 24.3 Å². The van der Waals surface area contributed by atoms with Gasteiger partial charge in [0.2, 0.25) is 5.91 Å². The zero-order chi connectivity index (χ0) is 16.8. The number of carbonyl (C=O) groups is 1. The second kappa shape index (κ2) is 7.77. The van der Waals surface area contributed by atoms with Crippen LogP contribution in [0, 0.1) is 6.92 Å². The summed E-state index contributed by atoms with van der Waals surface area (Å²) < 4.78 is 0. The van der Waals surface area contributed by atoms with Gasteiger partial charge < -0.3 is 10.3 Å². The molecule has 0 aliphatic rings. The molecule has 3 rings (SSSR count). The molecular formula is C20H23N3O. The zero-order valence-corrected chi connectivity index (χ0v) is 14.0. The Bertz CT molecular complexity index is 772. The molecule has 3 aromatic rings. The predicted octanol–water partition coefficient (Wildman–Crippen LogP) is 3.55. The van der Waals surface area contributed by atoms with Crippen LogP contribution in [-0.2, 0) is 17.6 Å². The van der Waals surface area contributed by atoms with E-state index in [4.69, 9.17) is 0 Å². The van der Waals surface area contributed by atoms with E-state index in [9.17, 15) is 4.79 Å². The van der Waals surface area contributed by atoms with Gasteiger partial charge in [0.25, 0.3) is 0 Å². The van der Waals surface area contributed by atoms with E-state index in [1.165, 1.54) is 11.1 Å². The van der Waals surface area contributed by atoms with Crippen molar-refractivity contribution in [3.05, 3.63) is 65.5 Å². The van der Waals surface area contributed by atoms with Gasteiger partial charge in [-0.1, -0.05) is 42.0 Å². The molecule has 1 amide bonds. The highest BCUT2D eigenvalue weighted by Crippen LogP contribution is 2.10. The number of aromatic nitrogens is 2. The minimum atomic E-state index is 0.109. The molecule has 0 saturated heterocycles. The maximum atomic E-state index is 11.9. The number of benzene rings is 2. The van der Waals surface area contributed by atoms with Crippen LogP contribution in [0.25, 0.3) is 11.0 Å². The van der Waals surface area contributed by atoms with Crippen molar-refractivity contribution in [2.24, 2.45) is 0 Å². The van der Waals surface area contributed by atoms with Crippen LogP contribution in [0.4, 0.5) is 0 Å². The van der Waals surface area contributed by atoms with Gasteiger partial charge in [0.15, 0.2) is 0 Å². The van der Waals surface area contributed by atoms with E-state index in [2.05, 4.69) is 46.5 Å². The van der Waals surface area contributed by atoms with E-state index < -0.39 is 0 Å². The number of nitrogens with zero attached hydrogens (tertiary/aromatic N) is 1. The first-order valence-corrected chi connectivity index (χ1v) is 8.46. The molecule has 2 aromatic carbocycles. The summed E-state index contributed by atoms with van der Waals surface area (Å²) in [4.78, 5) is 19.7. The molecule has 4 nitrogen and oxygen atoms in total. The molecule has 124 valence electrons. The quantitative estimate of drug-likeness (QED) is 0.699. The third-order valence-electron chi connectivity index (χ3n) is 4.11. The number of carbonyl (C=O) groups excluding carboxylic acids is 1. The highest BCUT2D eigenvalue weighted by atomic mass is 16.1. The van der Waals surface area contributed by atoms with Gasteiger partial charge in [0.1, 0.15) is 5.82 Å². The summed E-state index contributed by atoms with van der Waals surface area (Å²) in [5.41, 5.74) is 4.56. The standard InChI is InChI=1S/C20H23N3O/c1-15-9-11-16(12-10-15)5-4-8-20(24)21-14-13-19-22-17-6-2-3-7-18(17)23-19/h2-3,6-7,9-12H,4-5,8,13-14H2,1H3,(H,21,24)(H,22,23). The minimum absolute atomic E-state index is 0.109. The van der Waals surface area contributed by atoms with Crippen molar-refractivity contribution in [1.29, 1.82) is 0 Å². The van der Waals surface area contributed by atoms with Crippen LogP contribution in [0.3, 0.4) is 0 Å². The third kappa shape index (κ3) is 4.44. The Morgan fingerprint density at radius 3 is 2.67 bits per heavy atom. The SMILES string of the molecule is Cc1ccc(CCCC(=O)NCCc2nc3ccccc3[nH]2)cc1. The Hall–Kier alpha value is -2.62. The van der Waals surface area contributed by atoms with Crippen molar-refractivity contribution in [3.63, 3.8) is 0 Å². The summed E-state index contributed by atoms with van der Waals surface area (Å²) in [5.74, 6) is 1.02.